The Morgan fingerprint density at radius 3 is 2.89 bits per heavy atom. The molecule has 1 aromatic heterocycles. The summed E-state index contributed by atoms with van der Waals surface area (Å²) >= 11 is 6.68. The molecule has 0 spiro atoms. The lowest BCUT2D eigenvalue weighted by Gasteiger charge is -2.04. The van der Waals surface area contributed by atoms with Gasteiger partial charge in [0.25, 0.3) is 5.91 Å². The molecule has 9 nitrogen and oxygen atoms in total. The number of amidine groups is 1. The topological polar surface area (TPSA) is 115 Å². The van der Waals surface area contributed by atoms with Crippen molar-refractivity contribution in [1.29, 1.82) is 0 Å². The maximum atomic E-state index is 11.7. The highest BCUT2D eigenvalue weighted by atomic mass is 35.5. The number of hydrogen-bond donors (Lipinski definition) is 1. The third-order valence-electron chi connectivity index (χ3n) is 3.14. The molecule has 0 radical (unpaired) electrons. The van der Waals surface area contributed by atoms with Gasteiger partial charge in [0.05, 0.1) is 18.2 Å². The Kier molecular flexibility index (Phi) is 6.35. The zero-order valence-corrected chi connectivity index (χ0v) is 15.9. The fraction of sp³-hybridized carbons (Fsp3) is 0.0588. The number of halogens is 1. The van der Waals surface area contributed by atoms with Crippen LogP contribution in [-0.4, -0.2) is 40.6 Å². The minimum atomic E-state index is -0.621. The maximum Gasteiger partial charge on any atom is 0.331 e. The zero-order chi connectivity index (χ0) is 19.9. The molecule has 1 aliphatic rings. The number of aromatic nitrogens is 2. The third-order valence-corrected chi connectivity index (χ3v) is 4.25. The number of carbonyl (C=O) groups is 2. The Balaban J connectivity index is 1.65. The molecule has 142 valence electrons. The van der Waals surface area contributed by atoms with Crippen LogP contribution in [0.5, 0.6) is 11.6 Å². The predicted octanol–water partition coefficient (Wildman–Crippen LogP) is 2.53. The molecule has 0 bridgehead atoms. The minimum absolute atomic E-state index is 0.181. The zero-order valence-electron chi connectivity index (χ0n) is 14.3. The lowest BCUT2D eigenvalue weighted by Crippen LogP contribution is -2.19. The quantitative estimate of drug-likeness (QED) is 0.344. The summed E-state index contributed by atoms with van der Waals surface area (Å²) in [6, 6.07) is 10.2. The van der Waals surface area contributed by atoms with Crippen molar-refractivity contribution in [3.05, 3.63) is 58.1 Å². The highest BCUT2D eigenvalue weighted by molar-refractivity contribution is 8.18. The number of methoxy groups -OCH3 is 1. The van der Waals surface area contributed by atoms with E-state index in [2.05, 4.69) is 30.5 Å². The van der Waals surface area contributed by atoms with Crippen molar-refractivity contribution < 1.29 is 19.1 Å². The molecule has 2 aromatic rings. The second kappa shape index (κ2) is 9.11. The van der Waals surface area contributed by atoms with Crippen LogP contribution in [0.15, 0.2) is 57.6 Å². The normalized spacial score (nSPS) is 16.6. The Bertz CT molecular complexity index is 991. The van der Waals surface area contributed by atoms with Gasteiger partial charge in [-0.25, -0.2) is 4.79 Å². The first-order valence-corrected chi connectivity index (χ1v) is 8.90. The first-order valence-electron chi connectivity index (χ1n) is 7.70. The molecule has 1 aromatic carbocycles. The number of ether oxygens (including phenoxy) is 2. The summed E-state index contributed by atoms with van der Waals surface area (Å²) in [4.78, 5) is 23.1. The van der Waals surface area contributed by atoms with E-state index >= 15 is 0 Å². The molecule has 0 aliphatic carbocycles. The van der Waals surface area contributed by atoms with Gasteiger partial charge in [-0.1, -0.05) is 23.7 Å². The molecule has 1 amide bonds. The Hall–Kier alpha value is -3.24. The Morgan fingerprint density at radius 2 is 2.14 bits per heavy atom. The van der Waals surface area contributed by atoms with Gasteiger partial charge in [-0.2, -0.15) is 5.10 Å². The van der Waals surface area contributed by atoms with Gasteiger partial charge in [-0.15, -0.1) is 15.3 Å². The van der Waals surface area contributed by atoms with E-state index in [9.17, 15) is 9.59 Å². The van der Waals surface area contributed by atoms with Crippen LogP contribution in [0.1, 0.15) is 5.56 Å². The number of carbonyl (C=O) groups excluding carboxylic acids is 2. The summed E-state index contributed by atoms with van der Waals surface area (Å²) in [7, 11) is 1.23. The van der Waals surface area contributed by atoms with Crippen LogP contribution in [-0.2, 0) is 14.3 Å². The van der Waals surface area contributed by atoms with Crippen LogP contribution in [0.2, 0.25) is 5.15 Å². The van der Waals surface area contributed by atoms with Crippen molar-refractivity contribution in [2.24, 2.45) is 10.2 Å². The van der Waals surface area contributed by atoms with Crippen molar-refractivity contribution in [1.82, 2.24) is 15.5 Å². The number of esters is 1. The van der Waals surface area contributed by atoms with Gasteiger partial charge >= 0.3 is 5.97 Å². The maximum absolute atomic E-state index is 11.7. The van der Waals surface area contributed by atoms with Crippen LogP contribution in [0.4, 0.5) is 0 Å². The van der Waals surface area contributed by atoms with Gasteiger partial charge in [-0.05, 0) is 35.5 Å². The summed E-state index contributed by atoms with van der Waals surface area (Å²) < 4.78 is 10.1. The third kappa shape index (κ3) is 5.38. The van der Waals surface area contributed by atoms with E-state index in [1.165, 1.54) is 13.3 Å². The second-order valence-corrected chi connectivity index (χ2v) is 6.52. The average Bonchev–Trinajstić information content (AvgIpc) is 3.03. The van der Waals surface area contributed by atoms with Gasteiger partial charge in [-0.3, -0.25) is 10.1 Å². The molecular formula is C17H12ClN5O4S. The van der Waals surface area contributed by atoms with Crippen molar-refractivity contribution >= 4 is 46.6 Å². The molecule has 1 fully saturated rings. The molecule has 0 unspecified atom stereocenters. The van der Waals surface area contributed by atoms with E-state index in [0.717, 1.165) is 17.8 Å². The summed E-state index contributed by atoms with van der Waals surface area (Å²) in [5.41, 5.74) is 0.712. The standard InChI is InChI=1S/C17H12ClN5O4S/c1-26-15(24)8-12-16(25)20-17(28-12)23-19-9-10-3-2-4-11(7-10)27-14-6-5-13(18)21-22-14/h2-9H,1H3,(H,20,23,25)/b12-8+,19-9?. The summed E-state index contributed by atoms with van der Waals surface area (Å²) in [5, 5.41) is 18.4. The predicted molar refractivity (Wildman–Crippen MR) is 104 cm³/mol. The average molecular weight is 418 g/mol. The van der Waals surface area contributed by atoms with Crippen LogP contribution in [0.25, 0.3) is 0 Å². The number of benzene rings is 1. The molecule has 1 aliphatic heterocycles. The monoisotopic (exact) mass is 417 g/mol. The van der Waals surface area contributed by atoms with Crippen LogP contribution in [0.3, 0.4) is 0 Å². The number of thioether (sulfide) groups is 1. The van der Waals surface area contributed by atoms with Crippen molar-refractivity contribution in [2.45, 2.75) is 0 Å². The molecular weight excluding hydrogens is 406 g/mol. The van der Waals surface area contributed by atoms with E-state index in [1.807, 2.05) is 0 Å². The van der Waals surface area contributed by atoms with Crippen LogP contribution in [0, 0.1) is 0 Å². The second-order valence-electron chi connectivity index (χ2n) is 5.11. The molecule has 1 saturated heterocycles. The SMILES string of the molecule is COC(=O)/C=C1/S/C(=N\N=Cc2cccc(Oc3ccc(Cl)nn3)c2)NC1=O. The summed E-state index contributed by atoms with van der Waals surface area (Å²) in [5.74, 6) is -0.234. The Morgan fingerprint density at radius 1 is 1.29 bits per heavy atom. The highest BCUT2D eigenvalue weighted by Crippen LogP contribution is 2.23. The lowest BCUT2D eigenvalue weighted by atomic mass is 10.2. The van der Waals surface area contributed by atoms with Gasteiger partial charge < -0.3 is 9.47 Å². The summed E-state index contributed by atoms with van der Waals surface area (Å²) in [6.07, 6.45) is 2.58. The number of nitrogens with one attached hydrogen (secondary N) is 1. The van der Waals surface area contributed by atoms with Gasteiger partial charge in [0.15, 0.2) is 10.3 Å². The smallest absolute Gasteiger partial charge is 0.331 e. The largest absolute Gasteiger partial charge is 0.466 e. The van der Waals surface area contributed by atoms with E-state index in [4.69, 9.17) is 16.3 Å². The number of amides is 1. The molecule has 3 rings (SSSR count). The molecule has 0 atom stereocenters. The molecule has 2 heterocycles. The number of rotatable bonds is 5. The number of nitrogens with zero attached hydrogens (tertiary/aromatic N) is 4. The van der Waals surface area contributed by atoms with Crippen molar-refractivity contribution in [2.75, 3.05) is 7.11 Å². The van der Waals surface area contributed by atoms with Crippen molar-refractivity contribution in [3.63, 3.8) is 0 Å². The van der Waals surface area contributed by atoms with Gasteiger partial charge in [0.1, 0.15) is 5.75 Å². The highest BCUT2D eigenvalue weighted by Gasteiger charge is 2.24. The molecule has 11 heteroatoms. The van der Waals surface area contributed by atoms with Crippen LogP contribution < -0.4 is 10.1 Å². The number of hydrogen-bond acceptors (Lipinski definition) is 9. The fourth-order valence-electron chi connectivity index (χ4n) is 1.93. The van der Waals surface area contributed by atoms with E-state index in [0.29, 0.717) is 17.2 Å². The Labute approximate surface area is 168 Å². The fourth-order valence-corrected chi connectivity index (χ4v) is 2.77. The molecule has 28 heavy (non-hydrogen) atoms. The first-order chi connectivity index (χ1) is 13.5. The van der Waals surface area contributed by atoms with E-state index in [-0.39, 0.29) is 15.2 Å². The molecule has 0 saturated carbocycles. The summed E-state index contributed by atoms with van der Waals surface area (Å²) in [6.45, 7) is 0. The van der Waals surface area contributed by atoms with Gasteiger partial charge in [0, 0.05) is 12.1 Å². The molecule has 1 N–H and O–H groups in total. The van der Waals surface area contributed by atoms with E-state index < -0.39 is 11.9 Å². The van der Waals surface area contributed by atoms with Crippen LogP contribution >= 0.6 is 23.4 Å². The minimum Gasteiger partial charge on any atom is -0.466 e. The van der Waals surface area contributed by atoms with Gasteiger partial charge in [0.2, 0.25) is 5.88 Å². The van der Waals surface area contributed by atoms with E-state index in [1.54, 1.807) is 36.4 Å². The van der Waals surface area contributed by atoms with Crippen molar-refractivity contribution in [3.8, 4) is 11.6 Å². The first kappa shape index (κ1) is 19.5. The lowest BCUT2D eigenvalue weighted by molar-refractivity contribution is -0.135.